The molecule has 4 aromatic rings. The molecule has 5 heterocycles. The molecule has 0 spiro atoms. The first-order valence-corrected chi connectivity index (χ1v) is 17.2. The average molecular weight is 579 g/mol. The van der Waals surface area contributed by atoms with Gasteiger partial charge in [-0.3, -0.25) is 0 Å². The molecule has 41 heavy (non-hydrogen) atoms. The Kier molecular flexibility index (Phi) is 6.93. The molecule has 1 amide bonds. The fourth-order valence-electron chi connectivity index (χ4n) is 5.33. The van der Waals surface area contributed by atoms with Gasteiger partial charge in [0.15, 0.2) is 19.7 Å². The summed E-state index contributed by atoms with van der Waals surface area (Å²) in [5, 5.41) is 17.2. The van der Waals surface area contributed by atoms with Gasteiger partial charge in [0.2, 0.25) is 5.88 Å². The lowest BCUT2D eigenvalue weighted by Gasteiger charge is -2.38. The summed E-state index contributed by atoms with van der Waals surface area (Å²) >= 11 is 0. The predicted octanol–water partition coefficient (Wildman–Crippen LogP) is 5.71. The summed E-state index contributed by atoms with van der Waals surface area (Å²) in [6.45, 7) is 13.0. The van der Waals surface area contributed by atoms with Crippen LogP contribution in [0, 0.1) is 0 Å². The molecule has 2 N–H and O–H groups in total. The van der Waals surface area contributed by atoms with Gasteiger partial charge in [-0.15, -0.1) is 5.10 Å². The Bertz CT molecular complexity index is 1570. The van der Waals surface area contributed by atoms with E-state index in [9.17, 15) is 4.79 Å². The van der Waals surface area contributed by atoms with Gasteiger partial charge >= 0.3 is 6.09 Å². The molecule has 1 saturated heterocycles. The maximum Gasteiger partial charge on any atom is 0.404 e. The van der Waals surface area contributed by atoms with Crippen LogP contribution >= 0.6 is 0 Å². The van der Waals surface area contributed by atoms with Crippen LogP contribution in [-0.2, 0) is 4.43 Å². The highest BCUT2D eigenvalue weighted by Gasteiger charge is 2.39. The highest BCUT2D eigenvalue weighted by molar-refractivity contribution is 6.74. The summed E-state index contributed by atoms with van der Waals surface area (Å²) in [5.74, 6) is 2.02. The van der Waals surface area contributed by atoms with Gasteiger partial charge in [-0.05, 0) is 49.2 Å². The fourth-order valence-corrected chi connectivity index (χ4v) is 6.37. The molecule has 4 aromatic heterocycles. The number of nitrogens with one attached hydrogen (secondary N) is 1. The highest BCUT2D eigenvalue weighted by atomic mass is 28.4. The lowest BCUT2D eigenvalue weighted by molar-refractivity contribution is 0.0782. The average Bonchev–Trinajstić information content (AvgIpc) is 3.62. The second kappa shape index (κ2) is 10.3. The van der Waals surface area contributed by atoms with E-state index in [-0.39, 0.29) is 23.2 Å². The van der Waals surface area contributed by atoms with Gasteiger partial charge < -0.3 is 28.9 Å². The molecule has 0 bridgehead atoms. The molecule has 11 nitrogen and oxygen atoms in total. The molecule has 0 unspecified atom stereocenters. The van der Waals surface area contributed by atoms with Gasteiger partial charge in [0, 0.05) is 37.7 Å². The molecule has 2 fully saturated rings. The number of carbonyl (C=O) groups is 1. The summed E-state index contributed by atoms with van der Waals surface area (Å²) in [6, 6.07) is 7.73. The Morgan fingerprint density at radius 3 is 2.78 bits per heavy atom. The number of aromatic nitrogens is 4. The molecule has 2 aliphatic rings. The highest BCUT2D eigenvalue weighted by Crippen LogP contribution is 2.39. The van der Waals surface area contributed by atoms with Crippen LogP contribution in [0.2, 0.25) is 18.1 Å². The minimum absolute atomic E-state index is 0.0855. The summed E-state index contributed by atoms with van der Waals surface area (Å²) in [4.78, 5) is 22.5. The molecule has 1 atom stereocenters. The standard InChI is InChI=1S/C29H38N6O5Si/c1-29(2,3)41(4,5)38-17-19-7-6-12-34(19)27-21-15-24(40-23(21)10-11-30-27)22-16-31-25-8-9-26(33-35(22)25)39-20-13-18(14-20)32-28(36)37/h8-11,15-16,18-20,32H,6-7,12-14,17H2,1-5H3,(H,36,37)/t18?,19-,20?/m1/s1. The normalized spacial score (nSPS) is 21.4. The van der Waals surface area contributed by atoms with Crippen LogP contribution < -0.4 is 15.0 Å². The van der Waals surface area contributed by atoms with Crippen molar-refractivity contribution >= 4 is 36.8 Å². The largest absolute Gasteiger partial charge is 0.473 e. The van der Waals surface area contributed by atoms with Crippen molar-refractivity contribution in [3.63, 3.8) is 0 Å². The van der Waals surface area contributed by atoms with Crippen molar-refractivity contribution in [2.75, 3.05) is 18.1 Å². The first-order valence-electron chi connectivity index (χ1n) is 14.3. The quantitative estimate of drug-likeness (QED) is 0.253. The first kappa shape index (κ1) is 27.5. The van der Waals surface area contributed by atoms with Crippen molar-refractivity contribution in [1.29, 1.82) is 0 Å². The molecular formula is C29H38N6O5Si. The minimum atomic E-state index is -1.86. The number of pyridine rings is 1. The number of hydrogen-bond donors (Lipinski definition) is 2. The van der Waals surface area contributed by atoms with Gasteiger partial charge in [0.25, 0.3) is 0 Å². The van der Waals surface area contributed by atoms with E-state index in [2.05, 4.69) is 54.2 Å². The molecule has 12 heteroatoms. The molecule has 1 saturated carbocycles. The zero-order valence-electron chi connectivity index (χ0n) is 24.3. The van der Waals surface area contributed by atoms with Crippen molar-refractivity contribution in [2.45, 2.75) is 82.8 Å². The number of ether oxygens (including phenoxy) is 1. The van der Waals surface area contributed by atoms with Crippen molar-refractivity contribution in [2.24, 2.45) is 0 Å². The van der Waals surface area contributed by atoms with E-state index in [1.54, 1.807) is 23.0 Å². The Morgan fingerprint density at radius 1 is 1.22 bits per heavy atom. The van der Waals surface area contributed by atoms with Gasteiger partial charge in [-0.2, -0.15) is 0 Å². The van der Waals surface area contributed by atoms with E-state index in [0.717, 1.165) is 36.2 Å². The van der Waals surface area contributed by atoms with Crippen molar-refractivity contribution in [3.05, 3.63) is 36.7 Å². The lowest BCUT2D eigenvalue weighted by atomic mass is 9.89. The Morgan fingerprint density at radius 2 is 2.02 bits per heavy atom. The third-order valence-electron chi connectivity index (χ3n) is 8.82. The second-order valence-electron chi connectivity index (χ2n) is 12.7. The molecule has 1 aliphatic carbocycles. The Labute approximate surface area is 240 Å². The number of anilines is 1. The summed E-state index contributed by atoms with van der Waals surface area (Å²) < 4.78 is 20.7. The smallest absolute Gasteiger partial charge is 0.404 e. The number of fused-ring (bicyclic) bond motifs is 2. The lowest BCUT2D eigenvalue weighted by Crippen LogP contribution is -2.48. The third-order valence-corrected chi connectivity index (χ3v) is 13.3. The van der Waals surface area contributed by atoms with E-state index in [4.69, 9.17) is 23.7 Å². The number of carboxylic acid groups (broad SMARTS) is 1. The molecule has 0 radical (unpaired) electrons. The molecule has 6 rings (SSSR count). The van der Waals surface area contributed by atoms with E-state index in [1.807, 2.05) is 18.2 Å². The van der Waals surface area contributed by atoms with Crippen LogP contribution in [-0.4, -0.2) is 70.4 Å². The van der Waals surface area contributed by atoms with E-state index in [0.29, 0.717) is 42.4 Å². The van der Waals surface area contributed by atoms with Gasteiger partial charge in [0.1, 0.15) is 23.2 Å². The van der Waals surface area contributed by atoms with Crippen molar-refractivity contribution in [1.82, 2.24) is 24.9 Å². The summed E-state index contributed by atoms with van der Waals surface area (Å²) in [6.07, 6.45) is 5.85. The zero-order valence-corrected chi connectivity index (χ0v) is 25.3. The molecule has 218 valence electrons. The van der Waals surface area contributed by atoms with E-state index >= 15 is 0 Å². The number of rotatable bonds is 8. The third kappa shape index (κ3) is 5.37. The van der Waals surface area contributed by atoms with Crippen LogP contribution in [0.4, 0.5) is 10.6 Å². The van der Waals surface area contributed by atoms with Gasteiger partial charge in [-0.1, -0.05) is 20.8 Å². The van der Waals surface area contributed by atoms with E-state index in [1.165, 1.54) is 0 Å². The van der Waals surface area contributed by atoms with Gasteiger partial charge in [-0.25, -0.2) is 19.3 Å². The van der Waals surface area contributed by atoms with Crippen LogP contribution in [0.5, 0.6) is 5.88 Å². The number of nitrogens with zero attached hydrogens (tertiary/aromatic N) is 5. The number of furan rings is 1. The molecule has 1 aliphatic heterocycles. The van der Waals surface area contributed by atoms with Crippen LogP contribution in [0.1, 0.15) is 46.5 Å². The van der Waals surface area contributed by atoms with Crippen LogP contribution in [0.25, 0.3) is 28.1 Å². The zero-order chi connectivity index (χ0) is 28.9. The topological polar surface area (TPSA) is 127 Å². The summed E-state index contributed by atoms with van der Waals surface area (Å²) in [5.41, 5.74) is 2.15. The maximum atomic E-state index is 10.8. The van der Waals surface area contributed by atoms with Crippen molar-refractivity contribution < 1.29 is 23.5 Å². The van der Waals surface area contributed by atoms with Gasteiger partial charge in [0.05, 0.1) is 24.2 Å². The number of amides is 1. The maximum absolute atomic E-state index is 10.8. The number of imidazole rings is 1. The van der Waals surface area contributed by atoms with Crippen molar-refractivity contribution in [3.8, 4) is 17.3 Å². The van der Waals surface area contributed by atoms with E-state index < -0.39 is 14.4 Å². The Balaban J connectivity index is 1.23. The first-order chi connectivity index (χ1) is 19.5. The van der Waals surface area contributed by atoms with Crippen LogP contribution in [0.15, 0.2) is 41.1 Å². The predicted molar refractivity (Wildman–Crippen MR) is 158 cm³/mol. The minimum Gasteiger partial charge on any atom is -0.473 e. The SMILES string of the molecule is CC(C)(C)[Si](C)(C)OC[C@H]1CCCN1c1nccc2oc(-c3cnc4ccc(OC5CC(NC(=O)O)C5)nn34)cc12. The molecule has 0 aromatic carbocycles. The summed E-state index contributed by atoms with van der Waals surface area (Å²) in [7, 11) is -1.86. The monoisotopic (exact) mass is 578 g/mol. The van der Waals surface area contributed by atoms with Crippen LogP contribution in [0.3, 0.4) is 0 Å². The number of hydrogen-bond acceptors (Lipinski definition) is 8. The Hall–Kier alpha value is -3.64. The second-order valence-corrected chi connectivity index (χ2v) is 17.5. The molecular weight excluding hydrogens is 540 g/mol. The fraction of sp³-hybridized carbons (Fsp3) is 0.517.